The monoisotopic (exact) mass is 346 g/mol. The van der Waals surface area contributed by atoms with Gasteiger partial charge in [-0.15, -0.1) is 0 Å². The maximum Gasteiger partial charge on any atom is 0.333 e. The number of rotatable bonds is 2. The van der Waals surface area contributed by atoms with Crippen LogP contribution < -0.4 is 0 Å². The fourth-order valence-corrected chi connectivity index (χ4v) is 4.68. The van der Waals surface area contributed by atoms with E-state index < -0.39 is 23.4 Å². The number of carbonyl (C=O) groups is 3. The van der Waals surface area contributed by atoms with Crippen molar-refractivity contribution in [3.8, 4) is 0 Å². The van der Waals surface area contributed by atoms with Gasteiger partial charge in [0.05, 0.1) is 11.3 Å². The number of allylic oxidation sites excluding steroid dienone is 2. The average molecular weight is 346 g/mol. The molecule has 3 rings (SSSR count). The zero-order valence-corrected chi connectivity index (χ0v) is 15.5. The molecule has 3 aliphatic rings. The van der Waals surface area contributed by atoms with E-state index in [1.54, 1.807) is 26.8 Å². The quantitative estimate of drug-likeness (QED) is 0.437. The van der Waals surface area contributed by atoms with Crippen molar-refractivity contribution in [3.63, 3.8) is 0 Å². The van der Waals surface area contributed by atoms with Gasteiger partial charge in [0.15, 0.2) is 0 Å². The van der Waals surface area contributed by atoms with Crippen LogP contribution in [0.1, 0.15) is 47.5 Å². The molecule has 0 bridgehead atoms. The fraction of sp³-hybridized carbons (Fsp3) is 0.650. The largest absolute Gasteiger partial charge is 0.462 e. The Bertz CT molecular complexity index is 688. The molecule has 1 saturated carbocycles. The van der Waals surface area contributed by atoms with Gasteiger partial charge in [-0.1, -0.05) is 31.6 Å². The Morgan fingerprint density at radius 2 is 2.04 bits per heavy atom. The molecule has 0 spiro atoms. The van der Waals surface area contributed by atoms with Gasteiger partial charge < -0.3 is 9.47 Å². The third kappa shape index (κ3) is 2.55. The highest BCUT2D eigenvalue weighted by molar-refractivity contribution is 5.94. The molecule has 0 amide bonds. The van der Waals surface area contributed by atoms with Gasteiger partial charge in [0.1, 0.15) is 18.0 Å². The van der Waals surface area contributed by atoms with Crippen molar-refractivity contribution in [1.29, 1.82) is 0 Å². The second-order valence-corrected chi connectivity index (χ2v) is 7.76. The Morgan fingerprint density at radius 3 is 2.68 bits per heavy atom. The van der Waals surface area contributed by atoms with Gasteiger partial charge in [0.25, 0.3) is 0 Å². The van der Waals surface area contributed by atoms with E-state index in [-0.39, 0.29) is 29.7 Å². The number of hydrogen-bond acceptors (Lipinski definition) is 5. The Hall–Kier alpha value is -1.91. The topological polar surface area (TPSA) is 69.7 Å². The molecule has 5 heteroatoms. The molecule has 0 aromatic rings. The molecule has 5 nitrogen and oxygen atoms in total. The Morgan fingerprint density at radius 1 is 1.36 bits per heavy atom. The van der Waals surface area contributed by atoms with Crippen molar-refractivity contribution in [2.75, 3.05) is 0 Å². The van der Waals surface area contributed by atoms with Gasteiger partial charge >= 0.3 is 11.9 Å². The maximum atomic E-state index is 12.9. The minimum atomic E-state index is -0.884. The maximum absolute atomic E-state index is 12.9. The number of esters is 2. The smallest absolute Gasteiger partial charge is 0.333 e. The highest BCUT2D eigenvalue weighted by atomic mass is 16.6. The van der Waals surface area contributed by atoms with Crippen LogP contribution in [-0.4, -0.2) is 29.9 Å². The third-order valence-electron chi connectivity index (χ3n) is 6.36. The van der Waals surface area contributed by atoms with Gasteiger partial charge in [-0.05, 0) is 33.1 Å². The molecule has 136 valence electrons. The zero-order valence-electron chi connectivity index (χ0n) is 15.5. The molecule has 2 aliphatic carbocycles. The van der Waals surface area contributed by atoms with E-state index in [4.69, 9.17) is 9.47 Å². The van der Waals surface area contributed by atoms with Crippen molar-refractivity contribution < 1.29 is 23.9 Å². The van der Waals surface area contributed by atoms with Crippen molar-refractivity contribution >= 4 is 17.7 Å². The lowest BCUT2D eigenvalue weighted by molar-refractivity contribution is -0.159. The number of hydrogen-bond donors (Lipinski definition) is 0. The number of fused-ring (bicyclic) bond motifs is 2. The Labute approximate surface area is 148 Å². The third-order valence-corrected chi connectivity index (χ3v) is 6.36. The molecule has 0 aromatic carbocycles. The van der Waals surface area contributed by atoms with E-state index in [1.165, 1.54) is 0 Å². The molecule has 1 aliphatic heterocycles. The molecule has 0 aromatic heterocycles. The fourth-order valence-electron chi connectivity index (χ4n) is 4.68. The highest BCUT2D eigenvalue weighted by Gasteiger charge is 2.61. The van der Waals surface area contributed by atoms with Crippen LogP contribution in [0.25, 0.3) is 0 Å². The summed E-state index contributed by atoms with van der Waals surface area (Å²) >= 11 is 0. The molecule has 0 unspecified atom stereocenters. The molecule has 1 heterocycles. The van der Waals surface area contributed by atoms with Gasteiger partial charge in [0, 0.05) is 17.9 Å². The molecule has 1 saturated heterocycles. The minimum Gasteiger partial charge on any atom is -0.462 e. The van der Waals surface area contributed by atoms with Crippen LogP contribution in [-0.2, 0) is 23.9 Å². The van der Waals surface area contributed by atoms with Gasteiger partial charge in [-0.3, -0.25) is 9.59 Å². The molecular formula is C20H26O5. The SMILES string of the molecule is C/C=C(/C)C(=O)O[C@H]1[C@@H]2[C@H](C)C(=O)O[C@@H]2C[C@@H](C)C2=CCC(=O)[C@]21C. The lowest BCUT2D eigenvalue weighted by Gasteiger charge is -2.38. The van der Waals surface area contributed by atoms with Crippen LogP contribution >= 0.6 is 0 Å². The van der Waals surface area contributed by atoms with Crippen molar-refractivity contribution in [1.82, 2.24) is 0 Å². The van der Waals surface area contributed by atoms with Crippen LogP contribution in [0.4, 0.5) is 0 Å². The summed E-state index contributed by atoms with van der Waals surface area (Å²) in [7, 11) is 0. The summed E-state index contributed by atoms with van der Waals surface area (Å²) in [5.41, 5.74) is 0.627. The summed E-state index contributed by atoms with van der Waals surface area (Å²) in [6.45, 7) is 9.18. The van der Waals surface area contributed by atoms with E-state index in [2.05, 4.69) is 6.92 Å². The van der Waals surface area contributed by atoms with E-state index in [1.807, 2.05) is 13.0 Å². The van der Waals surface area contributed by atoms with Crippen LogP contribution in [0.15, 0.2) is 23.3 Å². The second kappa shape index (κ2) is 6.11. The Balaban J connectivity index is 2.09. The first kappa shape index (κ1) is 17.9. The lowest BCUT2D eigenvalue weighted by atomic mass is 9.69. The first-order valence-electron chi connectivity index (χ1n) is 9.00. The summed E-state index contributed by atoms with van der Waals surface area (Å²) in [4.78, 5) is 37.5. The minimum absolute atomic E-state index is 0.0532. The van der Waals surface area contributed by atoms with Gasteiger partial charge in [-0.2, -0.15) is 0 Å². The first-order chi connectivity index (χ1) is 11.7. The molecular weight excluding hydrogens is 320 g/mol. The number of Topliss-reactive ketones (excluding diaryl/α,β-unsaturated/α-hetero) is 1. The number of ketones is 1. The number of ether oxygens (including phenoxy) is 2. The van der Waals surface area contributed by atoms with Crippen LogP contribution in [0, 0.1) is 23.2 Å². The predicted octanol–water partition coefficient (Wildman–Crippen LogP) is 2.99. The zero-order chi connectivity index (χ0) is 18.5. The van der Waals surface area contributed by atoms with E-state index in [0.29, 0.717) is 18.4 Å². The van der Waals surface area contributed by atoms with E-state index in [0.717, 1.165) is 5.57 Å². The average Bonchev–Trinajstić information content (AvgIpc) is 2.99. The van der Waals surface area contributed by atoms with Crippen LogP contribution in [0.2, 0.25) is 0 Å². The Kier molecular flexibility index (Phi) is 4.38. The van der Waals surface area contributed by atoms with Gasteiger partial charge in [-0.25, -0.2) is 4.79 Å². The van der Waals surface area contributed by atoms with Crippen molar-refractivity contribution in [2.24, 2.45) is 23.2 Å². The van der Waals surface area contributed by atoms with Gasteiger partial charge in [0.2, 0.25) is 0 Å². The molecule has 25 heavy (non-hydrogen) atoms. The summed E-state index contributed by atoms with van der Waals surface area (Å²) in [5, 5.41) is 0. The summed E-state index contributed by atoms with van der Waals surface area (Å²) in [6.07, 6.45) is 3.67. The molecule has 2 fully saturated rings. The standard InChI is InChI=1S/C20H26O5/c1-6-10(2)18(22)25-17-16-12(4)19(23)24-14(16)9-11(3)13-7-8-15(21)20(13,17)5/h6-7,11-12,14,16-17H,8-9H2,1-5H3/b10-6-/t11-,12+,14-,16-,17+,20+/m1/s1. The summed E-state index contributed by atoms with van der Waals surface area (Å²) in [5.74, 6) is -1.25. The second-order valence-electron chi connectivity index (χ2n) is 7.76. The van der Waals surface area contributed by atoms with Crippen LogP contribution in [0.5, 0.6) is 0 Å². The molecule has 0 N–H and O–H groups in total. The molecule has 6 atom stereocenters. The first-order valence-corrected chi connectivity index (χ1v) is 9.00. The van der Waals surface area contributed by atoms with Crippen molar-refractivity contribution in [3.05, 3.63) is 23.3 Å². The van der Waals surface area contributed by atoms with E-state index in [9.17, 15) is 14.4 Å². The van der Waals surface area contributed by atoms with Crippen LogP contribution in [0.3, 0.4) is 0 Å². The summed E-state index contributed by atoms with van der Waals surface area (Å²) < 4.78 is 11.5. The normalized spacial score (nSPS) is 40.8. The highest BCUT2D eigenvalue weighted by Crippen LogP contribution is 2.54. The van der Waals surface area contributed by atoms with Crippen molar-refractivity contribution in [2.45, 2.75) is 59.7 Å². The van der Waals surface area contributed by atoms with E-state index >= 15 is 0 Å². The lowest BCUT2D eigenvalue weighted by Crippen LogP contribution is -2.48. The molecule has 0 radical (unpaired) electrons. The summed E-state index contributed by atoms with van der Waals surface area (Å²) in [6, 6.07) is 0. The number of carbonyl (C=O) groups excluding carboxylic acids is 3. The predicted molar refractivity (Wildman–Crippen MR) is 91.4 cm³/mol.